The summed E-state index contributed by atoms with van der Waals surface area (Å²) in [7, 11) is 0. The Morgan fingerprint density at radius 1 is 1.31 bits per heavy atom. The van der Waals surface area contributed by atoms with Crippen LogP contribution in [0.5, 0.6) is 0 Å². The Labute approximate surface area is 153 Å². The molecule has 11 heteroatoms. The van der Waals surface area contributed by atoms with Crippen molar-refractivity contribution < 1.29 is 9.72 Å². The number of nitro groups is 1. The third kappa shape index (κ3) is 3.97. The second-order valence-corrected chi connectivity index (χ2v) is 6.25. The lowest BCUT2D eigenvalue weighted by molar-refractivity contribution is -0.384. The molecular formula is C15H16ClN7O3. The van der Waals surface area contributed by atoms with Gasteiger partial charge in [-0.2, -0.15) is 4.98 Å². The number of carbonyl (C=O) groups excluding carboxylic acids is 1. The minimum absolute atomic E-state index is 0.108. The highest BCUT2D eigenvalue weighted by Crippen LogP contribution is 2.25. The lowest BCUT2D eigenvalue weighted by Crippen LogP contribution is -2.39. The van der Waals surface area contributed by atoms with Crippen LogP contribution in [0.25, 0.3) is 0 Å². The van der Waals surface area contributed by atoms with Gasteiger partial charge in [-0.25, -0.2) is 9.97 Å². The van der Waals surface area contributed by atoms with Crippen LogP contribution in [0.2, 0.25) is 5.02 Å². The Bertz CT molecular complexity index is 822. The zero-order chi connectivity index (χ0) is 18.7. The number of nitrogens with two attached hydrogens (primary N) is 1. The highest BCUT2D eigenvalue weighted by atomic mass is 35.5. The van der Waals surface area contributed by atoms with E-state index in [0.717, 1.165) is 6.20 Å². The Morgan fingerprint density at radius 3 is 2.62 bits per heavy atom. The summed E-state index contributed by atoms with van der Waals surface area (Å²) in [6.07, 6.45) is 3.76. The number of anilines is 3. The van der Waals surface area contributed by atoms with E-state index >= 15 is 0 Å². The first-order chi connectivity index (χ1) is 12.4. The molecule has 0 radical (unpaired) electrons. The van der Waals surface area contributed by atoms with Crippen LogP contribution < -0.4 is 16.0 Å². The maximum Gasteiger partial charge on any atom is 0.329 e. The van der Waals surface area contributed by atoms with Crippen LogP contribution in [-0.4, -0.2) is 38.9 Å². The molecule has 1 aliphatic rings. The highest BCUT2D eigenvalue weighted by Gasteiger charge is 2.27. The molecule has 3 heterocycles. The van der Waals surface area contributed by atoms with Gasteiger partial charge < -0.3 is 16.0 Å². The fraction of sp³-hybridized carbons (Fsp3) is 0.333. The molecular weight excluding hydrogens is 362 g/mol. The molecule has 0 aromatic carbocycles. The van der Waals surface area contributed by atoms with Crippen molar-refractivity contribution in [3.8, 4) is 0 Å². The Balaban J connectivity index is 1.58. The number of nitrogen functional groups attached to an aromatic ring is 1. The van der Waals surface area contributed by atoms with E-state index in [4.69, 9.17) is 17.3 Å². The standard InChI is InChI=1S/C15H16ClN7O3/c16-10-1-2-12(18-7-10)20-14(24)9-3-5-22(6-4-9)15-19-8-11(23(25)26)13(17)21-15/h1-2,7-9H,3-6H2,(H2,17,19,21)(H,18,20,24). The molecule has 1 amide bonds. The van der Waals surface area contributed by atoms with Crippen LogP contribution in [-0.2, 0) is 4.79 Å². The summed E-state index contributed by atoms with van der Waals surface area (Å²) in [5, 5.41) is 14.0. The number of aromatic nitrogens is 3. The molecule has 2 aromatic heterocycles. The lowest BCUT2D eigenvalue weighted by Gasteiger charge is -2.31. The average molecular weight is 378 g/mol. The van der Waals surface area contributed by atoms with E-state index in [2.05, 4.69) is 20.3 Å². The maximum absolute atomic E-state index is 12.3. The van der Waals surface area contributed by atoms with Gasteiger partial charge in [-0.3, -0.25) is 14.9 Å². The third-order valence-corrected chi connectivity index (χ3v) is 4.33. The zero-order valence-corrected chi connectivity index (χ0v) is 14.4. The summed E-state index contributed by atoms with van der Waals surface area (Å²) in [6.45, 7) is 1.09. The summed E-state index contributed by atoms with van der Waals surface area (Å²) in [5.41, 5.74) is 5.28. The molecule has 0 spiro atoms. The molecule has 2 aromatic rings. The summed E-state index contributed by atoms with van der Waals surface area (Å²) in [5.74, 6) is 0.330. The van der Waals surface area contributed by atoms with Gasteiger partial charge >= 0.3 is 5.69 Å². The second kappa shape index (κ2) is 7.48. The van der Waals surface area contributed by atoms with Crippen molar-refractivity contribution in [1.82, 2.24) is 15.0 Å². The molecule has 0 aliphatic carbocycles. The van der Waals surface area contributed by atoms with E-state index in [1.165, 1.54) is 6.20 Å². The molecule has 10 nitrogen and oxygen atoms in total. The highest BCUT2D eigenvalue weighted by molar-refractivity contribution is 6.30. The van der Waals surface area contributed by atoms with Crippen LogP contribution in [0.1, 0.15) is 12.8 Å². The average Bonchev–Trinajstić information content (AvgIpc) is 2.63. The van der Waals surface area contributed by atoms with Gasteiger partial charge in [0.25, 0.3) is 0 Å². The first-order valence-electron chi connectivity index (χ1n) is 7.88. The molecule has 0 bridgehead atoms. The van der Waals surface area contributed by atoms with Crippen molar-refractivity contribution in [2.45, 2.75) is 12.8 Å². The Kier molecular flexibility index (Phi) is 5.12. The number of nitrogens with one attached hydrogen (secondary N) is 1. The molecule has 136 valence electrons. The van der Waals surface area contributed by atoms with Gasteiger partial charge in [0.05, 0.1) is 9.95 Å². The molecule has 1 aliphatic heterocycles. The Morgan fingerprint density at radius 2 is 2.04 bits per heavy atom. The fourth-order valence-electron chi connectivity index (χ4n) is 2.69. The smallest absolute Gasteiger partial charge is 0.329 e. The number of nitrogens with zero attached hydrogens (tertiary/aromatic N) is 5. The molecule has 1 fully saturated rings. The molecule has 0 unspecified atom stereocenters. The fourth-order valence-corrected chi connectivity index (χ4v) is 2.80. The number of rotatable bonds is 4. The number of piperidine rings is 1. The van der Waals surface area contributed by atoms with Crippen LogP contribution in [0, 0.1) is 16.0 Å². The number of hydrogen-bond acceptors (Lipinski definition) is 8. The van der Waals surface area contributed by atoms with Crippen molar-refractivity contribution in [2.24, 2.45) is 5.92 Å². The monoisotopic (exact) mass is 377 g/mol. The lowest BCUT2D eigenvalue weighted by atomic mass is 9.96. The van der Waals surface area contributed by atoms with Gasteiger partial charge in [-0.1, -0.05) is 11.6 Å². The third-order valence-electron chi connectivity index (χ3n) is 4.11. The normalized spacial score (nSPS) is 14.9. The van der Waals surface area contributed by atoms with Gasteiger partial charge in [-0.15, -0.1) is 0 Å². The van der Waals surface area contributed by atoms with Gasteiger partial charge in [0.15, 0.2) is 0 Å². The zero-order valence-electron chi connectivity index (χ0n) is 13.6. The quantitative estimate of drug-likeness (QED) is 0.607. The molecule has 26 heavy (non-hydrogen) atoms. The van der Waals surface area contributed by atoms with E-state index < -0.39 is 4.92 Å². The minimum Gasteiger partial charge on any atom is -0.378 e. The number of hydrogen-bond donors (Lipinski definition) is 2. The predicted molar refractivity (Wildman–Crippen MR) is 95.9 cm³/mol. The molecule has 1 saturated heterocycles. The number of halogens is 1. The molecule has 3 N–H and O–H groups in total. The first kappa shape index (κ1) is 17.8. The summed E-state index contributed by atoms with van der Waals surface area (Å²) >= 11 is 5.77. The van der Waals surface area contributed by atoms with E-state index in [-0.39, 0.29) is 23.3 Å². The van der Waals surface area contributed by atoms with E-state index in [9.17, 15) is 14.9 Å². The SMILES string of the molecule is Nc1nc(N2CCC(C(=O)Nc3ccc(Cl)cn3)CC2)ncc1[N+](=O)[O-]. The first-order valence-corrected chi connectivity index (χ1v) is 8.26. The van der Waals surface area contributed by atoms with Crippen molar-refractivity contribution >= 4 is 40.8 Å². The minimum atomic E-state index is -0.625. The maximum atomic E-state index is 12.3. The van der Waals surface area contributed by atoms with Crippen molar-refractivity contribution in [3.05, 3.63) is 39.7 Å². The van der Waals surface area contributed by atoms with Crippen LogP contribution in [0.4, 0.5) is 23.3 Å². The van der Waals surface area contributed by atoms with E-state index in [0.29, 0.717) is 42.7 Å². The summed E-state index contributed by atoms with van der Waals surface area (Å²) < 4.78 is 0. The topological polar surface area (TPSA) is 140 Å². The van der Waals surface area contributed by atoms with Gasteiger partial charge in [0.1, 0.15) is 12.0 Å². The van der Waals surface area contributed by atoms with Crippen LogP contribution >= 0.6 is 11.6 Å². The van der Waals surface area contributed by atoms with Gasteiger partial charge in [0, 0.05) is 25.2 Å². The predicted octanol–water partition coefficient (Wildman–Crippen LogP) is 1.87. The molecule has 0 atom stereocenters. The second-order valence-electron chi connectivity index (χ2n) is 5.81. The van der Waals surface area contributed by atoms with Gasteiger partial charge in [-0.05, 0) is 25.0 Å². The summed E-state index contributed by atoms with van der Waals surface area (Å²) in [6, 6.07) is 3.30. The van der Waals surface area contributed by atoms with E-state index in [1.807, 2.05) is 4.90 Å². The Hall–Kier alpha value is -3.01. The number of pyridine rings is 1. The van der Waals surface area contributed by atoms with Gasteiger partial charge in [0.2, 0.25) is 17.7 Å². The van der Waals surface area contributed by atoms with E-state index in [1.54, 1.807) is 12.1 Å². The summed E-state index contributed by atoms with van der Waals surface area (Å²) in [4.78, 5) is 36.4. The van der Waals surface area contributed by atoms with Crippen LogP contribution in [0.15, 0.2) is 24.5 Å². The van der Waals surface area contributed by atoms with Crippen molar-refractivity contribution in [2.75, 3.05) is 29.0 Å². The van der Waals surface area contributed by atoms with Crippen LogP contribution in [0.3, 0.4) is 0 Å². The molecule has 3 rings (SSSR count). The number of carbonyl (C=O) groups is 1. The molecule has 0 saturated carbocycles. The van der Waals surface area contributed by atoms with Crippen molar-refractivity contribution in [3.63, 3.8) is 0 Å². The largest absolute Gasteiger partial charge is 0.378 e. The number of amides is 1. The van der Waals surface area contributed by atoms with Crippen molar-refractivity contribution in [1.29, 1.82) is 0 Å².